The molecule has 0 heterocycles. The third kappa shape index (κ3) is 3.77. The second kappa shape index (κ2) is 7.00. The Morgan fingerprint density at radius 3 is 2.65 bits per heavy atom. The van der Waals surface area contributed by atoms with Crippen LogP contribution in [0.1, 0.15) is 31.9 Å². The first-order valence-corrected chi connectivity index (χ1v) is 6.59. The highest BCUT2D eigenvalue weighted by Gasteiger charge is 2.22. The molecule has 2 N–H and O–H groups in total. The van der Waals surface area contributed by atoms with E-state index >= 15 is 0 Å². The van der Waals surface area contributed by atoms with E-state index in [-0.39, 0.29) is 23.6 Å². The van der Waals surface area contributed by atoms with Crippen molar-refractivity contribution in [3.8, 4) is 0 Å². The molecular weight excluding hydrogens is 258 g/mol. The van der Waals surface area contributed by atoms with Gasteiger partial charge in [0.05, 0.1) is 11.0 Å². The van der Waals surface area contributed by atoms with E-state index in [1.165, 1.54) is 12.1 Å². The van der Waals surface area contributed by atoms with Crippen LogP contribution in [-0.4, -0.2) is 29.3 Å². The number of nitro groups is 1. The number of non-ortho nitro benzene ring substituents is 1. The summed E-state index contributed by atoms with van der Waals surface area (Å²) in [5.41, 5.74) is 6.24. The van der Waals surface area contributed by atoms with Crippen LogP contribution in [-0.2, 0) is 4.79 Å². The summed E-state index contributed by atoms with van der Waals surface area (Å²) in [6, 6.07) is 6.14. The van der Waals surface area contributed by atoms with Crippen molar-refractivity contribution in [2.75, 3.05) is 13.6 Å². The van der Waals surface area contributed by atoms with Crippen LogP contribution in [0.5, 0.6) is 0 Å². The van der Waals surface area contributed by atoms with Gasteiger partial charge >= 0.3 is 0 Å². The number of nitrogens with two attached hydrogens (primary N) is 1. The first-order chi connectivity index (χ1) is 9.38. The maximum absolute atomic E-state index is 12.2. The average molecular weight is 279 g/mol. The largest absolute Gasteiger partial charge is 0.339 e. The lowest BCUT2D eigenvalue weighted by atomic mass is 10.0. The van der Waals surface area contributed by atoms with Crippen LogP contribution in [0.4, 0.5) is 5.69 Å². The number of rotatable bonds is 6. The summed E-state index contributed by atoms with van der Waals surface area (Å²) in [5, 5.41) is 10.8. The lowest BCUT2D eigenvalue weighted by molar-refractivity contribution is -0.384. The second-order valence-corrected chi connectivity index (χ2v) is 4.96. The Morgan fingerprint density at radius 2 is 2.10 bits per heavy atom. The van der Waals surface area contributed by atoms with Crippen LogP contribution in [0, 0.1) is 16.0 Å². The standard InChI is InChI=1S/C14H21N3O3/c1-10(7-8-15)14(18)16(3)11(2)12-5-4-6-13(9-12)17(19)20/h4-6,9-11H,7-8,15H2,1-3H3. The van der Waals surface area contributed by atoms with Crippen LogP contribution in [0.15, 0.2) is 24.3 Å². The number of nitro benzene ring substituents is 1. The van der Waals surface area contributed by atoms with Gasteiger partial charge in [-0.25, -0.2) is 0 Å². The number of hydrogen-bond donors (Lipinski definition) is 1. The minimum atomic E-state index is -0.435. The van der Waals surface area contributed by atoms with Crippen molar-refractivity contribution >= 4 is 11.6 Å². The fourth-order valence-corrected chi connectivity index (χ4v) is 2.03. The maximum Gasteiger partial charge on any atom is 0.269 e. The molecule has 0 fully saturated rings. The van der Waals surface area contributed by atoms with Crippen molar-refractivity contribution in [1.82, 2.24) is 4.90 Å². The van der Waals surface area contributed by atoms with Crippen LogP contribution >= 0.6 is 0 Å². The molecule has 0 saturated heterocycles. The third-order valence-corrected chi connectivity index (χ3v) is 3.51. The molecular formula is C14H21N3O3. The van der Waals surface area contributed by atoms with Gasteiger partial charge in [0.15, 0.2) is 0 Å². The molecule has 0 aliphatic rings. The highest BCUT2D eigenvalue weighted by atomic mass is 16.6. The Morgan fingerprint density at radius 1 is 1.45 bits per heavy atom. The summed E-state index contributed by atoms with van der Waals surface area (Å²) < 4.78 is 0. The number of carbonyl (C=O) groups excluding carboxylic acids is 1. The zero-order valence-electron chi connectivity index (χ0n) is 12.1. The Labute approximate surface area is 118 Å². The van der Waals surface area contributed by atoms with Gasteiger partial charge in [0.2, 0.25) is 5.91 Å². The van der Waals surface area contributed by atoms with Crippen molar-refractivity contribution in [3.63, 3.8) is 0 Å². The van der Waals surface area contributed by atoms with Gasteiger partial charge in [0.25, 0.3) is 5.69 Å². The lowest BCUT2D eigenvalue weighted by Crippen LogP contribution is -2.34. The fraction of sp³-hybridized carbons (Fsp3) is 0.500. The van der Waals surface area contributed by atoms with Gasteiger partial charge in [-0.05, 0) is 25.5 Å². The Hall–Kier alpha value is -1.95. The predicted molar refractivity (Wildman–Crippen MR) is 77.1 cm³/mol. The normalized spacial score (nSPS) is 13.6. The summed E-state index contributed by atoms with van der Waals surface area (Å²) in [6.45, 7) is 4.16. The molecule has 0 bridgehead atoms. The van der Waals surface area contributed by atoms with Gasteiger partial charge in [-0.15, -0.1) is 0 Å². The summed E-state index contributed by atoms with van der Waals surface area (Å²) in [6.07, 6.45) is 0.630. The van der Waals surface area contributed by atoms with Gasteiger partial charge in [-0.2, -0.15) is 0 Å². The summed E-state index contributed by atoms with van der Waals surface area (Å²) in [5.74, 6) is -0.152. The van der Waals surface area contributed by atoms with E-state index < -0.39 is 4.92 Å². The maximum atomic E-state index is 12.2. The molecule has 20 heavy (non-hydrogen) atoms. The topological polar surface area (TPSA) is 89.5 Å². The highest BCUT2D eigenvalue weighted by Crippen LogP contribution is 2.24. The fourth-order valence-electron chi connectivity index (χ4n) is 2.03. The zero-order chi connectivity index (χ0) is 15.3. The van der Waals surface area contributed by atoms with Crippen LogP contribution in [0.2, 0.25) is 0 Å². The molecule has 6 nitrogen and oxygen atoms in total. The van der Waals surface area contributed by atoms with E-state index in [0.717, 1.165) is 5.56 Å². The number of nitrogens with zero attached hydrogens (tertiary/aromatic N) is 2. The van der Waals surface area contributed by atoms with Crippen LogP contribution < -0.4 is 5.73 Å². The van der Waals surface area contributed by atoms with E-state index in [0.29, 0.717) is 13.0 Å². The van der Waals surface area contributed by atoms with E-state index in [1.54, 1.807) is 24.1 Å². The minimum Gasteiger partial charge on any atom is -0.339 e. The first-order valence-electron chi connectivity index (χ1n) is 6.59. The van der Waals surface area contributed by atoms with Gasteiger partial charge in [-0.3, -0.25) is 14.9 Å². The van der Waals surface area contributed by atoms with E-state index in [1.807, 2.05) is 13.8 Å². The molecule has 0 radical (unpaired) electrons. The molecule has 1 aromatic carbocycles. The molecule has 110 valence electrons. The zero-order valence-corrected chi connectivity index (χ0v) is 12.1. The quantitative estimate of drug-likeness (QED) is 0.638. The molecule has 0 aliphatic heterocycles. The molecule has 1 aromatic rings. The smallest absolute Gasteiger partial charge is 0.269 e. The van der Waals surface area contributed by atoms with Crippen molar-refractivity contribution in [2.24, 2.45) is 11.7 Å². The summed E-state index contributed by atoms with van der Waals surface area (Å²) in [7, 11) is 1.71. The van der Waals surface area contributed by atoms with Gasteiger partial charge in [0, 0.05) is 25.1 Å². The van der Waals surface area contributed by atoms with Crippen LogP contribution in [0.25, 0.3) is 0 Å². The van der Waals surface area contributed by atoms with Crippen molar-refractivity contribution < 1.29 is 9.72 Å². The lowest BCUT2D eigenvalue weighted by Gasteiger charge is -2.28. The van der Waals surface area contributed by atoms with Crippen LogP contribution in [0.3, 0.4) is 0 Å². The van der Waals surface area contributed by atoms with E-state index in [2.05, 4.69) is 0 Å². The Kier molecular flexibility index (Phi) is 5.64. The Balaban J connectivity index is 2.88. The molecule has 6 heteroatoms. The summed E-state index contributed by atoms with van der Waals surface area (Å²) >= 11 is 0. The van der Waals surface area contributed by atoms with E-state index in [4.69, 9.17) is 5.73 Å². The Bertz CT molecular complexity index is 490. The van der Waals surface area contributed by atoms with E-state index in [9.17, 15) is 14.9 Å². The molecule has 1 rings (SSSR count). The minimum absolute atomic E-state index is 0.00513. The predicted octanol–water partition coefficient (Wildman–Crippen LogP) is 2.10. The summed E-state index contributed by atoms with van der Waals surface area (Å²) in [4.78, 5) is 24.2. The van der Waals surface area contributed by atoms with Crippen molar-refractivity contribution in [3.05, 3.63) is 39.9 Å². The second-order valence-electron chi connectivity index (χ2n) is 4.96. The van der Waals surface area contributed by atoms with Gasteiger partial charge in [-0.1, -0.05) is 19.1 Å². The average Bonchev–Trinajstić information content (AvgIpc) is 2.45. The van der Waals surface area contributed by atoms with Gasteiger partial charge in [0.1, 0.15) is 0 Å². The molecule has 2 atom stereocenters. The monoisotopic (exact) mass is 279 g/mol. The molecule has 0 saturated carbocycles. The van der Waals surface area contributed by atoms with Crippen molar-refractivity contribution in [2.45, 2.75) is 26.3 Å². The molecule has 2 unspecified atom stereocenters. The van der Waals surface area contributed by atoms with Gasteiger partial charge < -0.3 is 10.6 Å². The molecule has 0 spiro atoms. The number of benzene rings is 1. The number of carbonyl (C=O) groups is 1. The first kappa shape index (κ1) is 16.1. The molecule has 1 amide bonds. The number of hydrogen-bond acceptors (Lipinski definition) is 4. The third-order valence-electron chi connectivity index (χ3n) is 3.51. The number of amides is 1. The van der Waals surface area contributed by atoms with Crippen molar-refractivity contribution in [1.29, 1.82) is 0 Å². The molecule has 0 aliphatic carbocycles. The molecule has 0 aromatic heterocycles. The highest BCUT2D eigenvalue weighted by molar-refractivity contribution is 5.78. The SMILES string of the molecule is CC(CCN)C(=O)N(C)C(C)c1cccc([N+](=O)[O-])c1.